The molecule has 0 aromatic rings. The second-order valence-corrected chi connectivity index (χ2v) is 4.10. The predicted octanol–water partition coefficient (Wildman–Crippen LogP) is 1.10. The van der Waals surface area contributed by atoms with Crippen LogP contribution in [0, 0.1) is 19.3 Å². The van der Waals surface area contributed by atoms with E-state index in [0.29, 0.717) is 0 Å². The molecule has 0 aromatic carbocycles. The summed E-state index contributed by atoms with van der Waals surface area (Å²) >= 11 is 0. The van der Waals surface area contributed by atoms with Crippen LogP contribution in [0.1, 0.15) is 41.5 Å². The molecule has 0 aliphatic carbocycles. The molecule has 0 aromatic heterocycles. The number of rotatable bonds is 6. The van der Waals surface area contributed by atoms with E-state index in [9.17, 15) is 28.8 Å². The van der Waals surface area contributed by atoms with Crippen LogP contribution >= 0.6 is 0 Å². The van der Waals surface area contributed by atoms with Gasteiger partial charge in [-0.15, -0.1) is 0 Å². The summed E-state index contributed by atoms with van der Waals surface area (Å²) in [6.07, 6.45) is 3.17. The number of hydrogen-bond acceptors (Lipinski definition) is 6. The van der Waals surface area contributed by atoms with Crippen LogP contribution in [0.4, 0.5) is 0 Å². The fraction of sp³-hybridized carbons (Fsp3) is 0.400. The molecule has 1 radical (unpaired) electrons. The number of hydrogen-bond donors (Lipinski definition) is 0. The molecule has 125 valence electrons. The van der Waals surface area contributed by atoms with E-state index >= 15 is 0 Å². The van der Waals surface area contributed by atoms with E-state index in [0.717, 1.165) is 19.3 Å². The third kappa shape index (κ3) is 51.8. The standard InChI is InChI=1S/3C5H7O2.Fe/c3*1-4(6)3-5(2)7;/h3*3H,1-2H3;/q3*-1;+3. The number of carbonyl (C=O) groups excluding carboxylic acids is 6. The van der Waals surface area contributed by atoms with Crippen LogP contribution in [-0.4, -0.2) is 34.7 Å². The summed E-state index contributed by atoms with van der Waals surface area (Å²) in [7, 11) is 0. The molecule has 0 spiro atoms. The van der Waals surface area contributed by atoms with Crippen molar-refractivity contribution in [1.29, 1.82) is 0 Å². The topological polar surface area (TPSA) is 102 Å². The van der Waals surface area contributed by atoms with Crippen LogP contribution in [0.15, 0.2) is 0 Å². The molecular formula is C15H21FeO6. The Balaban J connectivity index is -0.000000108. The van der Waals surface area contributed by atoms with Gasteiger partial charge in [-0.3, -0.25) is 19.3 Å². The zero-order chi connectivity index (χ0) is 17.6. The van der Waals surface area contributed by atoms with Gasteiger partial charge in [0, 0.05) is 34.7 Å². The van der Waals surface area contributed by atoms with Crippen LogP contribution in [0.2, 0.25) is 0 Å². The van der Waals surface area contributed by atoms with Crippen LogP contribution in [0.3, 0.4) is 0 Å². The van der Waals surface area contributed by atoms with Crippen molar-refractivity contribution in [3.63, 3.8) is 0 Å². The zero-order valence-electron chi connectivity index (χ0n) is 13.5. The molecule has 0 saturated heterocycles. The van der Waals surface area contributed by atoms with Crippen molar-refractivity contribution in [2.24, 2.45) is 0 Å². The summed E-state index contributed by atoms with van der Waals surface area (Å²) in [5.41, 5.74) is 0. The van der Waals surface area contributed by atoms with Crippen LogP contribution in [0.5, 0.6) is 0 Å². The summed E-state index contributed by atoms with van der Waals surface area (Å²) in [4.78, 5) is 59.9. The first-order chi connectivity index (χ1) is 9.38. The largest absolute Gasteiger partial charge is 3.00 e. The van der Waals surface area contributed by atoms with Gasteiger partial charge in [0.2, 0.25) is 0 Å². The maximum Gasteiger partial charge on any atom is 3.00 e. The van der Waals surface area contributed by atoms with Gasteiger partial charge in [-0.05, 0) is 41.5 Å². The molecule has 6 nitrogen and oxygen atoms in total. The molecule has 0 fully saturated rings. The van der Waals surface area contributed by atoms with Gasteiger partial charge < -0.3 is 28.8 Å². The number of ketones is 6. The van der Waals surface area contributed by atoms with E-state index in [2.05, 4.69) is 0 Å². The van der Waals surface area contributed by atoms with Crippen molar-refractivity contribution >= 4 is 34.7 Å². The van der Waals surface area contributed by atoms with Crippen molar-refractivity contribution in [1.82, 2.24) is 0 Å². The Hall–Kier alpha value is -1.85. The minimum atomic E-state index is -0.187. The Kier molecular flexibility index (Phi) is 22.2. The van der Waals surface area contributed by atoms with Crippen LogP contribution < -0.4 is 0 Å². The second kappa shape index (κ2) is 17.2. The molecule has 0 saturated carbocycles. The van der Waals surface area contributed by atoms with E-state index in [4.69, 9.17) is 0 Å². The van der Waals surface area contributed by atoms with Gasteiger partial charge in [-0.2, -0.15) is 0 Å². The van der Waals surface area contributed by atoms with E-state index in [1.165, 1.54) is 41.5 Å². The summed E-state index contributed by atoms with van der Waals surface area (Å²) in [6, 6.07) is 0. The van der Waals surface area contributed by atoms with Gasteiger partial charge in [0.15, 0.2) is 0 Å². The van der Waals surface area contributed by atoms with Gasteiger partial charge in [0.05, 0.1) is 0 Å². The third-order valence-corrected chi connectivity index (χ3v) is 1.22. The Morgan fingerprint density at radius 3 is 0.500 bits per heavy atom. The molecule has 0 amide bonds. The Morgan fingerprint density at radius 2 is 0.500 bits per heavy atom. The maximum atomic E-state index is 9.98. The molecule has 22 heavy (non-hydrogen) atoms. The molecule has 0 bridgehead atoms. The molecule has 7 heteroatoms. The second-order valence-electron chi connectivity index (χ2n) is 4.10. The van der Waals surface area contributed by atoms with E-state index < -0.39 is 0 Å². The molecule has 0 aliphatic rings. The van der Waals surface area contributed by atoms with Crippen molar-refractivity contribution in [3.05, 3.63) is 19.3 Å². The minimum absolute atomic E-state index is 0. The molecule has 0 atom stereocenters. The number of carbonyl (C=O) groups is 6. The Labute approximate surface area is 141 Å². The molecule has 0 heterocycles. The average Bonchev–Trinajstić information content (AvgIpc) is 2.10. The fourth-order valence-electron chi connectivity index (χ4n) is 0.859. The summed E-state index contributed by atoms with van der Waals surface area (Å²) in [5.74, 6) is -1.12. The van der Waals surface area contributed by atoms with Crippen molar-refractivity contribution in [2.45, 2.75) is 41.5 Å². The monoisotopic (exact) mass is 353 g/mol. The summed E-state index contributed by atoms with van der Waals surface area (Å²) in [6.45, 7) is 8.09. The molecule has 0 rings (SSSR count). The SMILES string of the molecule is CC(=O)[CH-]C(C)=O.CC(=O)[CH-]C(C)=O.CC(=O)[CH-]C(C)=O.[Fe+3]. The average molecular weight is 353 g/mol. The van der Waals surface area contributed by atoms with E-state index in [1.54, 1.807) is 0 Å². The van der Waals surface area contributed by atoms with E-state index in [1.807, 2.05) is 0 Å². The first-order valence-corrected chi connectivity index (χ1v) is 5.96. The van der Waals surface area contributed by atoms with Crippen LogP contribution in [-0.2, 0) is 45.8 Å². The van der Waals surface area contributed by atoms with Gasteiger partial charge in [0.25, 0.3) is 0 Å². The summed E-state index contributed by atoms with van der Waals surface area (Å²) < 4.78 is 0. The Bertz CT molecular complexity index is 314. The van der Waals surface area contributed by atoms with Crippen molar-refractivity contribution in [2.75, 3.05) is 0 Å². The van der Waals surface area contributed by atoms with Gasteiger partial charge in [-0.25, -0.2) is 0 Å². The van der Waals surface area contributed by atoms with Gasteiger partial charge in [0.1, 0.15) is 0 Å². The maximum absolute atomic E-state index is 9.98. The van der Waals surface area contributed by atoms with Gasteiger partial charge in [-0.1, -0.05) is 0 Å². The quantitative estimate of drug-likeness (QED) is 0.403. The van der Waals surface area contributed by atoms with Crippen LogP contribution in [0.25, 0.3) is 0 Å². The summed E-state index contributed by atoms with van der Waals surface area (Å²) in [5, 5.41) is 0. The molecule has 0 N–H and O–H groups in total. The normalized spacial score (nSPS) is 7.36. The molecule has 0 unspecified atom stereocenters. The fourth-order valence-corrected chi connectivity index (χ4v) is 0.859. The predicted molar refractivity (Wildman–Crippen MR) is 77.0 cm³/mol. The zero-order valence-corrected chi connectivity index (χ0v) is 14.6. The number of Topliss-reactive ketones (excluding diaryl/α,β-unsaturated/α-hetero) is 6. The first-order valence-electron chi connectivity index (χ1n) is 5.96. The first kappa shape index (κ1) is 28.3. The third-order valence-electron chi connectivity index (χ3n) is 1.22. The smallest absolute Gasteiger partial charge is 0.334 e. The van der Waals surface area contributed by atoms with E-state index in [-0.39, 0.29) is 51.8 Å². The Morgan fingerprint density at radius 1 is 0.409 bits per heavy atom. The molecule has 0 aliphatic heterocycles. The van der Waals surface area contributed by atoms with Crippen molar-refractivity contribution < 1.29 is 45.8 Å². The van der Waals surface area contributed by atoms with Crippen molar-refractivity contribution in [3.8, 4) is 0 Å². The minimum Gasteiger partial charge on any atom is -0.334 e. The molecular weight excluding hydrogens is 332 g/mol. The van der Waals surface area contributed by atoms with Gasteiger partial charge >= 0.3 is 17.1 Å².